The van der Waals surface area contributed by atoms with E-state index in [2.05, 4.69) is 11.2 Å². The third kappa shape index (κ3) is 8.95. The number of rotatable bonds is 15. The van der Waals surface area contributed by atoms with Crippen molar-refractivity contribution in [2.45, 2.75) is 83.8 Å². The summed E-state index contributed by atoms with van der Waals surface area (Å²) in [6.07, 6.45) is -0.790. The van der Waals surface area contributed by atoms with E-state index < -0.39 is 71.1 Å². The number of amides is 2. The van der Waals surface area contributed by atoms with Crippen molar-refractivity contribution in [3.05, 3.63) is 35.9 Å². The molecular formula is C31H43F3N2O7. The van der Waals surface area contributed by atoms with Gasteiger partial charge in [0, 0.05) is 26.1 Å². The van der Waals surface area contributed by atoms with E-state index in [1.807, 2.05) is 0 Å². The minimum atomic E-state index is -5.21. The fourth-order valence-corrected chi connectivity index (χ4v) is 4.75. The number of unbranched alkanes of at least 4 members (excludes halogenated alkanes) is 1. The Kier molecular flexibility index (Phi) is 14.2. The summed E-state index contributed by atoms with van der Waals surface area (Å²) in [5, 5.41) is 2.64. The standard InChI is InChI=1S/C31H43F3N2O7/c1-10-11-13-18-23(43-29(40)30(42-9,31(32,33)34)22-16-14-12-15-17-22)21(6)26(37)35-24(19(2)3)27(38)36(7)25(20(4)5)28(39)41-8/h1,12,14-17,19-21,23-25H,11,13,18H2,2-9H3,(H,35,37)/t21-,23+,24-,25-,30-/m0/s1. The molecule has 5 atom stereocenters. The lowest BCUT2D eigenvalue weighted by Crippen LogP contribution is -2.57. The maximum atomic E-state index is 14.5. The molecule has 1 N–H and O–H groups in total. The van der Waals surface area contributed by atoms with Crippen LogP contribution < -0.4 is 5.32 Å². The number of methoxy groups -OCH3 is 2. The van der Waals surface area contributed by atoms with Gasteiger partial charge in [-0.1, -0.05) is 65.0 Å². The molecule has 1 rings (SSSR count). The molecule has 2 amide bonds. The molecule has 0 aliphatic heterocycles. The van der Waals surface area contributed by atoms with Crippen LogP contribution in [0.5, 0.6) is 0 Å². The molecule has 240 valence electrons. The second-order valence-corrected chi connectivity index (χ2v) is 11.0. The molecule has 0 aliphatic rings. The molecule has 0 saturated carbocycles. The number of carbonyl (C=O) groups is 4. The van der Waals surface area contributed by atoms with Gasteiger partial charge < -0.3 is 24.4 Å². The van der Waals surface area contributed by atoms with E-state index in [4.69, 9.17) is 20.6 Å². The van der Waals surface area contributed by atoms with Crippen LogP contribution in [0.1, 0.15) is 59.4 Å². The van der Waals surface area contributed by atoms with Crippen molar-refractivity contribution in [3.8, 4) is 12.3 Å². The highest BCUT2D eigenvalue weighted by atomic mass is 19.4. The SMILES string of the molecule is C#CCCC[C@@H](OC(=O)[C@@](OC)(c1ccccc1)C(F)(F)F)[C@H](C)C(=O)N[C@H](C(=O)N(C)[C@H](C(=O)OC)C(C)C)C(C)C. The van der Waals surface area contributed by atoms with Crippen LogP contribution in [0.25, 0.3) is 0 Å². The Labute approximate surface area is 251 Å². The second-order valence-electron chi connectivity index (χ2n) is 11.0. The summed E-state index contributed by atoms with van der Waals surface area (Å²) in [4.78, 5) is 53.8. The van der Waals surface area contributed by atoms with Gasteiger partial charge in [0.15, 0.2) is 0 Å². The Morgan fingerprint density at radius 3 is 2.02 bits per heavy atom. The maximum absolute atomic E-state index is 14.5. The number of nitrogens with one attached hydrogen (secondary N) is 1. The molecule has 9 nitrogen and oxygen atoms in total. The van der Waals surface area contributed by atoms with Crippen molar-refractivity contribution < 1.29 is 46.6 Å². The topological polar surface area (TPSA) is 111 Å². The maximum Gasteiger partial charge on any atom is 0.432 e. The zero-order valence-corrected chi connectivity index (χ0v) is 26.0. The van der Waals surface area contributed by atoms with Gasteiger partial charge in [-0.3, -0.25) is 9.59 Å². The Balaban J connectivity index is 3.38. The van der Waals surface area contributed by atoms with E-state index in [-0.39, 0.29) is 25.2 Å². The van der Waals surface area contributed by atoms with Gasteiger partial charge >= 0.3 is 18.1 Å². The minimum Gasteiger partial charge on any atom is -0.467 e. The normalized spacial score (nSPS) is 15.8. The number of hydrogen-bond acceptors (Lipinski definition) is 7. The van der Waals surface area contributed by atoms with Crippen LogP contribution >= 0.6 is 0 Å². The van der Waals surface area contributed by atoms with Crippen LogP contribution in [0.2, 0.25) is 0 Å². The average Bonchev–Trinajstić information content (AvgIpc) is 2.94. The summed E-state index contributed by atoms with van der Waals surface area (Å²) >= 11 is 0. The van der Waals surface area contributed by atoms with Gasteiger partial charge in [-0.15, -0.1) is 12.3 Å². The van der Waals surface area contributed by atoms with Gasteiger partial charge in [0.05, 0.1) is 13.0 Å². The second kappa shape index (κ2) is 16.3. The van der Waals surface area contributed by atoms with Crippen molar-refractivity contribution in [2.24, 2.45) is 17.8 Å². The number of terminal acetylenes is 1. The lowest BCUT2D eigenvalue weighted by Gasteiger charge is -2.35. The van der Waals surface area contributed by atoms with Crippen molar-refractivity contribution in [2.75, 3.05) is 21.3 Å². The van der Waals surface area contributed by atoms with Crippen LogP contribution in [-0.4, -0.2) is 74.3 Å². The molecular weight excluding hydrogens is 569 g/mol. The molecule has 0 spiro atoms. The fraction of sp³-hybridized carbons (Fsp3) is 0.613. The van der Waals surface area contributed by atoms with E-state index in [1.54, 1.807) is 27.7 Å². The number of nitrogens with zero attached hydrogens (tertiary/aromatic N) is 1. The fourth-order valence-electron chi connectivity index (χ4n) is 4.75. The summed E-state index contributed by atoms with van der Waals surface area (Å²) in [5.74, 6) is -3.21. The highest BCUT2D eigenvalue weighted by Gasteiger charge is 2.64. The zero-order chi connectivity index (χ0) is 33.1. The summed E-state index contributed by atoms with van der Waals surface area (Å²) < 4.78 is 58.4. The van der Waals surface area contributed by atoms with E-state index in [9.17, 15) is 32.3 Å². The molecule has 0 aromatic heterocycles. The lowest BCUT2D eigenvalue weighted by atomic mass is 9.91. The zero-order valence-electron chi connectivity index (χ0n) is 26.0. The number of hydrogen-bond donors (Lipinski definition) is 1. The minimum absolute atomic E-state index is 0.0328. The predicted molar refractivity (Wildman–Crippen MR) is 153 cm³/mol. The molecule has 0 radical (unpaired) electrons. The highest BCUT2D eigenvalue weighted by Crippen LogP contribution is 2.43. The smallest absolute Gasteiger partial charge is 0.432 e. The Bertz CT molecular complexity index is 1130. The van der Waals surface area contributed by atoms with Gasteiger partial charge in [0.2, 0.25) is 11.8 Å². The molecule has 43 heavy (non-hydrogen) atoms. The van der Waals surface area contributed by atoms with E-state index in [1.165, 1.54) is 44.2 Å². The van der Waals surface area contributed by atoms with Crippen molar-refractivity contribution in [3.63, 3.8) is 0 Å². The average molecular weight is 613 g/mol. The summed E-state index contributed by atoms with van der Waals surface area (Å²) in [6.45, 7) is 8.23. The van der Waals surface area contributed by atoms with Gasteiger partial charge in [0.25, 0.3) is 5.60 Å². The van der Waals surface area contributed by atoms with Gasteiger partial charge in [0.1, 0.15) is 18.2 Å². The Morgan fingerprint density at radius 1 is 1.00 bits per heavy atom. The van der Waals surface area contributed by atoms with Crippen molar-refractivity contribution >= 4 is 23.8 Å². The van der Waals surface area contributed by atoms with Crippen molar-refractivity contribution in [1.82, 2.24) is 10.2 Å². The third-order valence-corrected chi connectivity index (χ3v) is 7.28. The van der Waals surface area contributed by atoms with E-state index in [0.29, 0.717) is 0 Å². The van der Waals surface area contributed by atoms with Crippen LogP contribution in [0.4, 0.5) is 13.2 Å². The van der Waals surface area contributed by atoms with Gasteiger partial charge in [-0.05, 0) is 24.7 Å². The number of esters is 2. The molecule has 0 heterocycles. The monoisotopic (exact) mass is 612 g/mol. The van der Waals surface area contributed by atoms with E-state index in [0.717, 1.165) is 19.2 Å². The summed E-state index contributed by atoms with van der Waals surface area (Å²) in [6, 6.07) is 4.29. The number of benzene rings is 1. The first-order valence-electron chi connectivity index (χ1n) is 14.0. The first-order chi connectivity index (χ1) is 20.0. The number of likely N-dealkylation sites (N-methyl/N-ethyl adjacent to an activating group) is 1. The molecule has 12 heteroatoms. The predicted octanol–water partition coefficient (Wildman–Crippen LogP) is 4.24. The Morgan fingerprint density at radius 2 is 1.58 bits per heavy atom. The Hall–Kier alpha value is -3.59. The van der Waals surface area contributed by atoms with E-state index >= 15 is 0 Å². The highest BCUT2D eigenvalue weighted by molar-refractivity contribution is 5.91. The number of halogens is 3. The lowest BCUT2D eigenvalue weighted by molar-refractivity contribution is -0.278. The summed E-state index contributed by atoms with van der Waals surface area (Å²) in [5.41, 5.74) is -3.94. The quantitative estimate of drug-likeness (QED) is 0.179. The molecule has 0 aliphatic carbocycles. The number of alkyl halides is 3. The van der Waals surface area contributed by atoms with Crippen LogP contribution in [-0.2, 0) is 39.0 Å². The largest absolute Gasteiger partial charge is 0.467 e. The van der Waals surface area contributed by atoms with Gasteiger partial charge in [-0.25, -0.2) is 9.59 Å². The molecule has 0 bridgehead atoms. The van der Waals surface area contributed by atoms with Crippen LogP contribution in [0.15, 0.2) is 30.3 Å². The number of carbonyl (C=O) groups excluding carboxylic acids is 4. The number of ether oxygens (including phenoxy) is 3. The first-order valence-corrected chi connectivity index (χ1v) is 14.0. The molecule has 1 aromatic rings. The van der Waals surface area contributed by atoms with Crippen molar-refractivity contribution in [1.29, 1.82) is 0 Å². The molecule has 1 aromatic carbocycles. The molecule has 0 fully saturated rings. The van der Waals surface area contributed by atoms with Crippen LogP contribution in [0, 0.1) is 30.1 Å². The van der Waals surface area contributed by atoms with Gasteiger partial charge in [-0.2, -0.15) is 13.2 Å². The molecule has 0 saturated heterocycles. The first kappa shape index (κ1) is 37.4. The molecule has 0 unspecified atom stereocenters. The van der Waals surface area contributed by atoms with Crippen LogP contribution in [0.3, 0.4) is 0 Å². The third-order valence-electron chi connectivity index (χ3n) is 7.28. The summed E-state index contributed by atoms with van der Waals surface area (Å²) in [7, 11) is 3.37.